The van der Waals surface area contributed by atoms with Gasteiger partial charge in [0, 0.05) is 41.0 Å². The van der Waals surface area contributed by atoms with Crippen molar-refractivity contribution in [3.63, 3.8) is 0 Å². The van der Waals surface area contributed by atoms with E-state index < -0.39 is 5.92 Å². The summed E-state index contributed by atoms with van der Waals surface area (Å²) in [4.78, 5) is 21.0. The molecule has 1 aromatic carbocycles. The molecule has 2 aromatic heterocycles. The Morgan fingerprint density at radius 1 is 1.24 bits per heavy atom. The molecule has 1 saturated carbocycles. The quantitative estimate of drug-likeness (QED) is 0.712. The van der Waals surface area contributed by atoms with Gasteiger partial charge < -0.3 is 9.88 Å². The van der Waals surface area contributed by atoms with Crippen LogP contribution in [0, 0.1) is 0 Å². The summed E-state index contributed by atoms with van der Waals surface area (Å²) in [6, 6.07) is 6.41. The molecule has 7 heteroatoms. The second kappa shape index (κ2) is 5.95. The molecule has 29 heavy (non-hydrogen) atoms. The van der Waals surface area contributed by atoms with E-state index in [1.165, 1.54) is 18.5 Å². The van der Waals surface area contributed by atoms with Crippen molar-refractivity contribution in [1.29, 1.82) is 0 Å². The van der Waals surface area contributed by atoms with Crippen molar-refractivity contribution in [2.45, 2.75) is 44.1 Å². The van der Waals surface area contributed by atoms with Gasteiger partial charge >= 0.3 is 0 Å². The molecule has 3 aromatic rings. The molecule has 1 N–H and O–H groups in total. The van der Waals surface area contributed by atoms with Crippen LogP contribution in [-0.2, 0) is 17.9 Å². The van der Waals surface area contributed by atoms with Crippen LogP contribution in [0.3, 0.4) is 0 Å². The minimum atomic E-state index is -2.80. The van der Waals surface area contributed by atoms with E-state index in [4.69, 9.17) is 0 Å². The van der Waals surface area contributed by atoms with Crippen LogP contribution in [0.15, 0.2) is 48.2 Å². The molecule has 5 nitrogen and oxygen atoms in total. The summed E-state index contributed by atoms with van der Waals surface area (Å²) in [5.41, 5.74) is 2.12. The smallest absolute Gasteiger partial charge is 0.273 e. The van der Waals surface area contributed by atoms with Crippen molar-refractivity contribution in [3.8, 4) is 0 Å². The minimum absolute atomic E-state index is 0.0704. The zero-order chi connectivity index (χ0) is 20.4. The number of anilines is 1. The molecule has 2 aliphatic carbocycles. The summed E-state index contributed by atoms with van der Waals surface area (Å²) >= 11 is 0. The molecular formula is C22H20F2N4O. The minimum Gasteiger partial charge on any atom is -0.340 e. The van der Waals surface area contributed by atoms with Gasteiger partial charge in [0.25, 0.3) is 11.5 Å². The Kier molecular flexibility index (Phi) is 3.69. The fourth-order valence-corrected chi connectivity index (χ4v) is 4.08. The normalized spacial score (nSPS) is 18.4. The summed E-state index contributed by atoms with van der Waals surface area (Å²) in [6.45, 7) is 6.11. The molecule has 0 spiro atoms. The van der Waals surface area contributed by atoms with E-state index >= 15 is 0 Å². The lowest BCUT2D eigenvalue weighted by atomic mass is 10.0. The van der Waals surface area contributed by atoms with Crippen LogP contribution in [0.4, 0.5) is 14.6 Å². The van der Waals surface area contributed by atoms with Gasteiger partial charge in [-0.1, -0.05) is 24.8 Å². The maximum atomic E-state index is 14.1. The highest BCUT2D eigenvalue weighted by molar-refractivity contribution is 5.92. The predicted octanol–water partition coefficient (Wildman–Crippen LogP) is 4.42. The van der Waals surface area contributed by atoms with E-state index in [1.807, 2.05) is 6.92 Å². The predicted molar refractivity (Wildman–Crippen MR) is 108 cm³/mol. The Balaban J connectivity index is 1.56. The SMILES string of the molecule is C=C(Nc1ncnc2cc(=O)n(C3(C)CC3)cc12)c1cccc2c1CCC2(F)F. The molecule has 0 unspecified atom stereocenters. The van der Waals surface area contributed by atoms with Gasteiger partial charge in [-0.15, -0.1) is 0 Å². The highest BCUT2D eigenvalue weighted by Crippen LogP contribution is 2.44. The maximum absolute atomic E-state index is 14.1. The van der Waals surface area contributed by atoms with Crippen LogP contribution in [0.1, 0.15) is 42.9 Å². The van der Waals surface area contributed by atoms with Gasteiger partial charge in [0.05, 0.1) is 10.9 Å². The first-order valence-electron chi connectivity index (χ1n) is 9.63. The lowest BCUT2D eigenvalue weighted by molar-refractivity contribution is -0.00184. The van der Waals surface area contributed by atoms with Gasteiger partial charge in [0.1, 0.15) is 12.1 Å². The number of nitrogens with one attached hydrogen (secondary N) is 1. The fraction of sp³-hybridized carbons (Fsp3) is 0.318. The van der Waals surface area contributed by atoms with Crippen molar-refractivity contribution in [2.24, 2.45) is 0 Å². The van der Waals surface area contributed by atoms with Crippen LogP contribution in [0.25, 0.3) is 16.6 Å². The topological polar surface area (TPSA) is 59.8 Å². The summed E-state index contributed by atoms with van der Waals surface area (Å²) in [5, 5.41) is 3.86. The molecule has 0 atom stereocenters. The van der Waals surface area contributed by atoms with Crippen molar-refractivity contribution >= 4 is 22.4 Å². The van der Waals surface area contributed by atoms with Crippen LogP contribution >= 0.6 is 0 Å². The Labute approximate surface area is 166 Å². The van der Waals surface area contributed by atoms with Crippen molar-refractivity contribution < 1.29 is 8.78 Å². The zero-order valence-electron chi connectivity index (χ0n) is 16.0. The summed E-state index contributed by atoms with van der Waals surface area (Å²) < 4.78 is 30.0. The number of aromatic nitrogens is 3. The van der Waals surface area contributed by atoms with Gasteiger partial charge in [-0.3, -0.25) is 4.79 Å². The van der Waals surface area contributed by atoms with E-state index in [0.717, 1.165) is 12.8 Å². The molecule has 1 fully saturated rings. The Morgan fingerprint density at radius 3 is 2.79 bits per heavy atom. The second-order valence-electron chi connectivity index (χ2n) is 8.14. The molecule has 0 aliphatic heterocycles. The highest BCUT2D eigenvalue weighted by Gasteiger charge is 2.41. The summed E-state index contributed by atoms with van der Waals surface area (Å²) in [5.74, 6) is -2.30. The van der Waals surface area contributed by atoms with Crippen LogP contribution in [0.2, 0.25) is 0 Å². The third kappa shape index (κ3) is 2.84. The molecule has 148 valence electrons. The number of benzene rings is 1. The van der Waals surface area contributed by atoms with Gasteiger partial charge in [-0.2, -0.15) is 0 Å². The van der Waals surface area contributed by atoms with Crippen molar-refractivity contribution in [1.82, 2.24) is 14.5 Å². The average Bonchev–Trinajstić information content (AvgIpc) is 3.35. The van der Waals surface area contributed by atoms with E-state index in [-0.39, 0.29) is 23.1 Å². The fourth-order valence-electron chi connectivity index (χ4n) is 4.08. The lowest BCUT2D eigenvalue weighted by Crippen LogP contribution is -2.27. The van der Waals surface area contributed by atoms with Gasteiger partial charge in [0.2, 0.25) is 0 Å². The molecule has 5 rings (SSSR count). The number of halogens is 2. The average molecular weight is 394 g/mol. The first-order chi connectivity index (χ1) is 13.8. The summed E-state index contributed by atoms with van der Waals surface area (Å²) in [7, 11) is 0. The molecule has 0 bridgehead atoms. The Hall–Kier alpha value is -3.09. The van der Waals surface area contributed by atoms with Crippen LogP contribution < -0.4 is 10.9 Å². The van der Waals surface area contributed by atoms with Gasteiger partial charge in [-0.25, -0.2) is 18.7 Å². The molecule has 0 radical (unpaired) electrons. The van der Waals surface area contributed by atoms with Gasteiger partial charge in [0.15, 0.2) is 0 Å². The van der Waals surface area contributed by atoms with E-state index in [2.05, 4.69) is 21.9 Å². The second-order valence-corrected chi connectivity index (χ2v) is 8.14. The van der Waals surface area contributed by atoms with E-state index in [9.17, 15) is 13.6 Å². The molecule has 0 saturated heterocycles. The molecule has 0 amide bonds. The van der Waals surface area contributed by atoms with Crippen molar-refractivity contribution in [2.75, 3.05) is 5.32 Å². The number of hydrogen-bond acceptors (Lipinski definition) is 4. The first kappa shape index (κ1) is 18.0. The van der Waals surface area contributed by atoms with E-state index in [1.54, 1.807) is 22.9 Å². The molecule has 2 heterocycles. The number of pyridine rings is 1. The number of rotatable bonds is 4. The Bertz CT molecular complexity index is 1230. The van der Waals surface area contributed by atoms with Gasteiger partial charge in [-0.05, 0) is 31.7 Å². The summed E-state index contributed by atoms with van der Waals surface area (Å²) in [6.07, 6.45) is 5.18. The van der Waals surface area contributed by atoms with Crippen molar-refractivity contribution in [3.05, 3.63) is 70.4 Å². The molecular weight excluding hydrogens is 374 g/mol. The van der Waals surface area contributed by atoms with E-state index in [0.29, 0.717) is 40.0 Å². The van der Waals surface area contributed by atoms with Crippen LogP contribution in [-0.4, -0.2) is 14.5 Å². The van der Waals surface area contributed by atoms with Crippen LogP contribution in [0.5, 0.6) is 0 Å². The third-order valence-electron chi connectivity index (χ3n) is 6.08. The third-order valence-corrected chi connectivity index (χ3v) is 6.08. The molecule has 2 aliphatic rings. The lowest BCUT2D eigenvalue weighted by Gasteiger charge is -2.17. The zero-order valence-corrected chi connectivity index (χ0v) is 16.0. The highest BCUT2D eigenvalue weighted by atomic mass is 19.3. The monoisotopic (exact) mass is 394 g/mol. The Morgan fingerprint density at radius 2 is 2.03 bits per heavy atom. The number of nitrogens with zero attached hydrogens (tertiary/aromatic N) is 3. The number of alkyl halides is 2. The first-order valence-corrected chi connectivity index (χ1v) is 9.63. The number of fused-ring (bicyclic) bond motifs is 2. The largest absolute Gasteiger partial charge is 0.340 e. The standard InChI is InChI=1S/C22H20F2N4O/c1-13(14-4-3-5-17-15(14)6-7-22(17,23)24)27-20-16-11-28(21(2)8-9-21)19(29)10-18(16)25-12-26-20/h3-5,10-12H,1,6-9H2,2H3,(H,25,26,27). The maximum Gasteiger partial charge on any atom is 0.273 e. The number of hydrogen-bond donors (Lipinski definition) is 1.